The molecule has 0 spiro atoms. The maximum atomic E-state index is 13.4. The van der Waals surface area contributed by atoms with Crippen LogP contribution in [-0.2, 0) is 16.1 Å². The lowest BCUT2D eigenvalue weighted by molar-refractivity contribution is -0.137. The van der Waals surface area contributed by atoms with E-state index >= 15 is 0 Å². The summed E-state index contributed by atoms with van der Waals surface area (Å²) in [7, 11) is 0. The summed E-state index contributed by atoms with van der Waals surface area (Å²) in [4.78, 5) is 32.4. The van der Waals surface area contributed by atoms with Gasteiger partial charge in [0.15, 0.2) is 0 Å². The quantitative estimate of drug-likeness (QED) is 0.551. The van der Waals surface area contributed by atoms with Gasteiger partial charge in [-0.25, -0.2) is 0 Å². The number of anilines is 1. The van der Waals surface area contributed by atoms with E-state index < -0.39 is 0 Å². The number of imide groups is 1. The number of nitrogens with one attached hydrogen (secondary N) is 1. The minimum absolute atomic E-state index is 0.129. The molecule has 162 valence electrons. The summed E-state index contributed by atoms with van der Waals surface area (Å²) in [6, 6.07) is 19.3. The van der Waals surface area contributed by atoms with Crippen molar-refractivity contribution in [2.45, 2.75) is 40.2 Å². The largest absolute Gasteiger partial charge is 0.350 e. The topological polar surface area (TPSA) is 62.3 Å². The molecule has 1 N–H and O–H groups in total. The molecular weight excluding hydrogens is 398 g/mol. The van der Waals surface area contributed by atoms with Crippen LogP contribution in [0.5, 0.6) is 0 Å². The fourth-order valence-electron chi connectivity index (χ4n) is 3.75. The molecule has 0 bridgehead atoms. The molecule has 5 nitrogen and oxygen atoms in total. The number of carbonyl (C=O) groups excluding carboxylic acids is 2. The Bertz CT molecular complexity index is 1200. The van der Waals surface area contributed by atoms with E-state index in [4.69, 9.17) is 0 Å². The standard InChI is InChI=1S/C27H27N3O2/c1-17(2)20-10-12-22(13-11-20)29-25-24(21-9-8-18(3)19(4)15-21)26(31)30(27(25)32)16-23-7-5-6-14-28-23/h5-15,17,29H,16H2,1-4H3. The summed E-state index contributed by atoms with van der Waals surface area (Å²) in [5.74, 6) is -0.245. The maximum absolute atomic E-state index is 13.4. The summed E-state index contributed by atoms with van der Waals surface area (Å²) < 4.78 is 0. The first-order valence-electron chi connectivity index (χ1n) is 10.8. The highest BCUT2D eigenvalue weighted by Gasteiger charge is 2.39. The van der Waals surface area contributed by atoms with Gasteiger partial charge in [0.25, 0.3) is 11.8 Å². The Hall–Kier alpha value is -3.73. The lowest BCUT2D eigenvalue weighted by Crippen LogP contribution is -2.32. The fraction of sp³-hybridized carbons (Fsp3) is 0.222. The molecular formula is C27H27N3O2. The third-order valence-electron chi connectivity index (χ3n) is 5.86. The second kappa shape index (κ2) is 8.79. The van der Waals surface area contributed by atoms with Gasteiger partial charge >= 0.3 is 0 Å². The van der Waals surface area contributed by atoms with E-state index in [0.29, 0.717) is 22.9 Å². The van der Waals surface area contributed by atoms with Crippen LogP contribution < -0.4 is 5.32 Å². The number of hydrogen-bond donors (Lipinski definition) is 1. The van der Waals surface area contributed by atoms with Crippen LogP contribution in [0.15, 0.2) is 72.6 Å². The summed E-state index contributed by atoms with van der Waals surface area (Å²) in [5, 5.41) is 3.23. The van der Waals surface area contributed by atoms with Crippen molar-refractivity contribution in [2.75, 3.05) is 5.32 Å². The lowest BCUT2D eigenvalue weighted by atomic mass is 9.99. The predicted octanol–water partition coefficient (Wildman–Crippen LogP) is 5.21. The molecule has 0 saturated heterocycles. The number of rotatable bonds is 6. The summed E-state index contributed by atoms with van der Waals surface area (Å²) in [5.41, 5.74) is 6.27. The molecule has 32 heavy (non-hydrogen) atoms. The number of hydrogen-bond acceptors (Lipinski definition) is 4. The van der Waals surface area contributed by atoms with E-state index in [9.17, 15) is 9.59 Å². The molecule has 2 heterocycles. The van der Waals surface area contributed by atoms with Gasteiger partial charge < -0.3 is 5.32 Å². The van der Waals surface area contributed by atoms with Crippen LogP contribution in [0.25, 0.3) is 5.57 Å². The second-order valence-corrected chi connectivity index (χ2v) is 8.47. The molecule has 1 aromatic heterocycles. The number of aryl methyl sites for hydroxylation is 2. The van der Waals surface area contributed by atoms with Gasteiger partial charge in [-0.1, -0.05) is 50.2 Å². The minimum atomic E-state index is -0.346. The molecule has 1 aliphatic rings. The molecule has 0 saturated carbocycles. The Balaban J connectivity index is 1.74. The van der Waals surface area contributed by atoms with Crippen LogP contribution in [0.4, 0.5) is 5.69 Å². The van der Waals surface area contributed by atoms with Crippen molar-refractivity contribution in [2.24, 2.45) is 0 Å². The Morgan fingerprint density at radius 3 is 2.28 bits per heavy atom. The molecule has 0 unspecified atom stereocenters. The van der Waals surface area contributed by atoms with Crippen molar-refractivity contribution in [3.05, 3.63) is 101 Å². The number of aromatic nitrogens is 1. The van der Waals surface area contributed by atoms with E-state index in [1.165, 1.54) is 10.5 Å². The molecule has 2 amide bonds. The van der Waals surface area contributed by atoms with E-state index in [1.54, 1.807) is 6.20 Å². The van der Waals surface area contributed by atoms with Gasteiger partial charge in [-0.2, -0.15) is 0 Å². The number of nitrogens with zero attached hydrogens (tertiary/aromatic N) is 2. The summed E-state index contributed by atoms with van der Waals surface area (Å²) in [6.45, 7) is 8.43. The van der Waals surface area contributed by atoms with Gasteiger partial charge in [0, 0.05) is 11.9 Å². The Morgan fingerprint density at radius 1 is 0.906 bits per heavy atom. The minimum Gasteiger partial charge on any atom is -0.350 e. The molecule has 0 radical (unpaired) electrons. The van der Waals surface area contributed by atoms with Crippen LogP contribution in [0.1, 0.15) is 47.7 Å². The molecule has 0 fully saturated rings. The zero-order valence-electron chi connectivity index (χ0n) is 18.8. The van der Waals surface area contributed by atoms with Crippen LogP contribution in [0.2, 0.25) is 0 Å². The Morgan fingerprint density at radius 2 is 1.66 bits per heavy atom. The van der Waals surface area contributed by atoms with E-state index in [1.807, 2.05) is 74.5 Å². The summed E-state index contributed by atoms with van der Waals surface area (Å²) >= 11 is 0. The van der Waals surface area contributed by atoms with Crippen molar-refractivity contribution < 1.29 is 9.59 Å². The molecule has 3 aromatic rings. The van der Waals surface area contributed by atoms with Crippen LogP contribution in [0.3, 0.4) is 0 Å². The van der Waals surface area contributed by atoms with Gasteiger partial charge in [0.2, 0.25) is 0 Å². The predicted molar refractivity (Wildman–Crippen MR) is 127 cm³/mol. The van der Waals surface area contributed by atoms with Gasteiger partial charge in [-0.05, 0) is 66.3 Å². The first-order chi connectivity index (χ1) is 15.3. The Labute approximate surface area is 188 Å². The number of pyridine rings is 1. The fourth-order valence-corrected chi connectivity index (χ4v) is 3.75. The van der Waals surface area contributed by atoms with E-state index in [2.05, 4.69) is 24.1 Å². The molecule has 0 aliphatic carbocycles. The number of carbonyl (C=O) groups is 2. The normalized spacial score (nSPS) is 14.0. The molecule has 0 atom stereocenters. The average molecular weight is 426 g/mol. The smallest absolute Gasteiger partial charge is 0.278 e. The zero-order valence-corrected chi connectivity index (χ0v) is 18.8. The molecule has 5 heteroatoms. The van der Waals surface area contributed by atoms with Crippen LogP contribution in [-0.4, -0.2) is 21.7 Å². The van der Waals surface area contributed by atoms with Crippen molar-refractivity contribution in [1.82, 2.24) is 9.88 Å². The van der Waals surface area contributed by atoms with Gasteiger partial charge in [0.1, 0.15) is 5.70 Å². The third-order valence-corrected chi connectivity index (χ3v) is 5.86. The highest BCUT2D eigenvalue weighted by Crippen LogP contribution is 2.32. The number of benzene rings is 2. The van der Waals surface area contributed by atoms with Crippen molar-refractivity contribution in [3.63, 3.8) is 0 Å². The summed E-state index contributed by atoms with van der Waals surface area (Å²) in [6.07, 6.45) is 1.66. The van der Waals surface area contributed by atoms with Crippen LogP contribution in [0, 0.1) is 13.8 Å². The third kappa shape index (κ3) is 4.19. The van der Waals surface area contributed by atoms with Crippen molar-refractivity contribution >= 4 is 23.1 Å². The van der Waals surface area contributed by atoms with E-state index in [-0.39, 0.29) is 18.4 Å². The van der Waals surface area contributed by atoms with Crippen molar-refractivity contribution in [1.29, 1.82) is 0 Å². The zero-order chi connectivity index (χ0) is 22.8. The monoisotopic (exact) mass is 425 g/mol. The highest BCUT2D eigenvalue weighted by atomic mass is 16.2. The van der Waals surface area contributed by atoms with Crippen molar-refractivity contribution in [3.8, 4) is 0 Å². The van der Waals surface area contributed by atoms with Gasteiger partial charge in [0.05, 0.1) is 17.8 Å². The van der Waals surface area contributed by atoms with Gasteiger partial charge in [-0.3, -0.25) is 19.5 Å². The average Bonchev–Trinajstić information content (AvgIpc) is 3.01. The second-order valence-electron chi connectivity index (χ2n) is 8.47. The first-order valence-corrected chi connectivity index (χ1v) is 10.8. The Kier molecular flexibility index (Phi) is 5.91. The SMILES string of the molecule is Cc1ccc(C2=C(Nc3ccc(C(C)C)cc3)C(=O)N(Cc3ccccn3)C2=O)cc1C. The molecule has 4 rings (SSSR count). The molecule has 1 aliphatic heterocycles. The lowest BCUT2D eigenvalue weighted by Gasteiger charge is -2.15. The molecule has 2 aromatic carbocycles. The first kappa shape index (κ1) is 21.5. The van der Waals surface area contributed by atoms with Gasteiger partial charge in [-0.15, -0.1) is 0 Å². The highest BCUT2D eigenvalue weighted by molar-refractivity contribution is 6.36. The maximum Gasteiger partial charge on any atom is 0.278 e. The van der Waals surface area contributed by atoms with Crippen LogP contribution >= 0.6 is 0 Å². The number of amides is 2. The van der Waals surface area contributed by atoms with E-state index in [0.717, 1.165) is 22.4 Å².